The minimum Gasteiger partial charge on any atom is -0.497 e. The SMILES string of the molecule is COc1ccc2occ(C(=O)N3CC4CC5CC4C3C5OC)c2c1. The number of hydrogen-bond donors (Lipinski definition) is 0. The van der Waals surface area contributed by atoms with Gasteiger partial charge in [0.15, 0.2) is 0 Å². The molecular weight excluding hydrogens is 306 g/mol. The molecule has 5 heteroatoms. The Balaban J connectivity index is 1.53. The molecule has 1 aromatic heterocycles. The lowest BCUT2D eigenvalue weighted by atomic mass is 9.88. The van der Waals surface area contributed by atoms with Gasteiger partial charge in [0.1, 0.15) is 17.6 Å². The Bertz CT molecular complexity index is 811. The number of benzene rings is 1. The van der Waals surface area contributed by atoms with E-state index in [1.165, 1.54) is 12.8 Å². The molecule has 5 rings (SSSR count). The van der Waals surface area contributed by atoms with E-state index in [4.69, 9.17) is 13.9 Å². The minimum absolute atomic E-state index is 0.0594. The highest BCUT2D eigenvalue weighted by Crippen LogP contribution is 2.56. The molecule has 2 heterocycles. The fraction of sp³-hybridized carbons (Fsp3) is 0.526. The second kappa shape index (κ2) is 4.99. The van der Waals surface area contributed by atoms with Crippen LogP contribution in [-0.4, -0.2) is 43.7 Å². The maximum absolute atomic E-state index is 13.3. The van der Waals surface area contributed by atoms with Gasteiger partial charge in [-0.05, 0) is 48.8 Å². The van der Waals surface area contributed by atoms with Gasteiger partial charge in [-0.15, -0.1) is 0 Å². The zero-order chi connectivity index (χ0) is 16.4. The van der Waals surface area contributed by atoms with Gasteiger partial charge >= 0.3 is 0 Å². The van der Waals surface area contributed by atoms with Gasteiger partial charge in [0, 0.05) is 19.0 Å². The van der Waals surface area contributed by atoms with Gasteiger partial charge in [0.05, 0.1) is 24.8 Å². The second-order valence-corrected chi connectivity index (χ2v) is 7.32. The van der Waals surface area contributed by atoms with Crippen LogP contribution in [-0.2, 0) is 4.74 Å². The van der Waals surface area contributed by atoms with E-state index in [9.17, 15) is 4.79 Å². The van der Waals surface area contributed by atoms with Crippen molar-refractivity contribution in [2.75, 3.05) is 20.8 Å². The van der Waals surface area contributed by atoms with E-state index >= 15 is 0 Å². The summed E-state index contributed by atoms with van der Waals surface area (Å²) in [6.45, 7) is 0.848. The van der Waals surface area contributed by atoms with E-state index in [0.717, 1.165) is 17.7 Å². The summed E-state index contributed by atoms with van der Waals surface area (Å²) >= 11 is 0. The van der Waals surface area contributed by atoms with E-state index in [0.29, 0.717) is 28.9 Å². The Morgan fingerprint density at radius 3 is 2.92 bits per heavy atom. The van der Waals surface area contributed by atoms with Crippen molar-refractivity contribution < 1.29 is 18.7 Å². The Morgan fingerprint density at radius 2 is 2.12 bits per heavy atom. The van der Waals surface area contributed by atoms with Crippen LogP contribution in [0.25, 0.3) is 11.0 Å². The Kier molecular flexibility index (Phi) is 2.98. The third-order valence-corrected chi connectivity index (χ3v) is 6.36. The summed E-state index contributed by atoms with van der Waals surface area (Å²) in [4.78, 5) is 15.3. The highest BCUT2D eigenvalue weighted by molar-refractivity contribution is 6.06. The molecule has 0 radical (unpaired) electrons. The van der Waals surface area contributed by atoms with Crippen molar-refractivity contribution in [3.63, 3.8) is 0 Å². The van der Waals surface area contributed by atoms with Crippen LogP contribution in [0.15, 0.2) is 28.9 Å². The molecule has 3 aliphatic rings. The first-order valence-electron chi connectivity index (χ1n) is 8.60. The van der Waals surface area contributed by atoms with Crippen molar-refractivity contribution in [2.24, 2.45) is 17.8 Å². The molecular formula is C19H21NO4. The standard InChI is InChI=1S/C19H21NO4/c1-22-12-3-4-16-14(7-12)15(9-24-16)19(21)20-8-11-5-10-6-13(11)17(20)18(10)23-2/h3-4,7,9-11,13,17-18H,5-6,8H2,1-2H3. The van der Waals surface area contributed by atoms with Crippen molar-refractivity contribution >= 4 is 16.9 Å². The van der Waals surface area contributed by atoms with Crippen LogP contribution in [0.4, 0.5) is 0 Å². The molecule has 0 N–H and O–H groups in total. The smallest absolute Gasteiger partial charge is 0.258 e. The van der Waals surface area contributed by atoms with Gasteiger partial charge in [-0.3, -0.25) is 4.79 Å². The monoisotopic (exact) mass is 327 g/mol. The first kappa shape index (κ1) is 14.3. The molecule has 5 atom stereocenters. The minimum atomic E-state index is 0.0594. The van der Waals surface area contributed by atoms with Gasteiger partial charge in [0.25, 0.3) is 5.91 Å². The van der Waals surface area contributed by atoms with Crippen LogP contribution in [0, 0.1) is 17.8 Å². The number of hydrogen-bond acceptors (Lipinski definition) is 4. The molecule has 5 unspecified atom stereocenters. The third-order valence-electron chi connectivity index (χ3n) is 6.36. The van der Waals surface area contributed by atoms with Gasteiger partial charge in [-0.2, -0.15) is 0 Å². The molecule has 1 saturated heterocycles. The maximum atomic E-state index is 13.3. The molecule has 1 aromatic carbocycles. The quantitative estimate of drug-likeness (QED) is 0.870. The number of amides is 1. The number of rotatable bonds is 3. The van der Waals surface area contributed by atoms with Crippen molar-refractivity contribution in [1.29, 1.82) is 0 Å². The number of nitrogens with zero attached hydrogens (tertiary/aromatic N) is 1. The lowest BCUT2D eigenvalue weighted by Crippen LogP contribution is -2.44. The lowest BCUT2D eigenvalue weighted by Gasteiger charge is -2.31. The molecule has 0 spiro atoms. The summed E-state index contributed by atoms with van der Waals surface area (Å²) in [6.07, 6.45) is 4.17. The first-order valence-corrected chi connectivity index (χ1v) is 8.60. The summed E-state index contributed by atoms with van der Waals surface area (Å²) in [5.74, 6) is 2.66. The molecule has 2 saturated carbocycles. The average molecular weight is 327 g/mol. The predicted molar refractivity (Wildman–Crippen MR) is 88.1 cm³/mol. The van der Waals surface area contributed by atoms with Gasteiger partial charge in [-0.1, -0.05) is 0 Å². The Morgan fingerprint density at radius 1 is 1.25 bits per heavy atom. The zero-order valence-corrected chi connectivity index (χ0v) is 13.9. The number of furan rings is 1. The van der Waals surface area contributed by atoms with E-state index in [1.54, 1.807) is 20.5 Å². The number of methoxy groups -OCH3 is 2. The number of fused-ring (bicyclic) bond motifs is 2. The predicted octanol–water partition coefficient (Wildman–Crippen LogP) is 2.94. The number of carbonyl (C=O) groups is 1. The summed E-state index contributed by atoms with van der Waals surface area (Å²) in [5.41, 5.74) is 1.34. The Hall–Kier alpha value is -2.01. The van der Waals surface area contributed by atoms with E-state index < -0.39 is 0 Å². The van der Waals surface area contributed by atoms with Gasteiger partial charge < -0.3 is 18.8 Å². The largest absolute Gasteiger partial charge is 0.497 e. The fourth-order valence-corrected chi connectivity index (χ4v) is 5.41. The van der Waals surface area contributed by atoms with Gasteiger partial charge in [-0.25, -0.2) is 0 Å². The number of carbonyl (C=O) groups excluding carboxylic acids is 1. The number of ether oxygens (including phenoxy) is 2. The summed E-state index contributed by atoms with van der Waals surface area (Å²) in [7, 11) is 3.40. The van der Waals surface area contributed by atoms with Crippen molar-refractivity contribution in [3.8, 4) is 5.75 Å². The average Bonchev–Trinajstić information content (AvgIpc) is 3.31. The van der Waals surface area contributed by atoms with E-state index in [-0.39, 0.29) is 18.1 Å². The molecule has 1 amide bonds. The van der Waals surface area contributed by atoms with Gasteiger partial charge in [0.2, 0.25) is 0 Å². The summed E-state index contributed by atoms with van der Waals surface area (Å²) in [6, 6.07) is 5.80. The molecule has 2 aromatic rings. The normalized spacial score (nSPS) is 33.6. The molecule has 3 fully saturated rings. The molecule has 24 heavy (non-hydrogen) atoms. The zero-order valence-electron chi connectivity index (χ0n) is 13.9. The van der Waals surface area contributed by atoms with Crippen LogP contribution in [0.2, 0.25) is 0 Å². The van der Waals surface area contributed by atoms with Crippen LogP contribution in [0.1, 0.15) is 23.2 Å². The highest BCUT2D eigenvalue weighted by atomic mass is 16.5. The third kappa shape index (κ3) is 1.76. The second-order valence-electron chi connectivity index (χ2n) is 7.32. The molecule has 5 nitrogen and oxygen atoms in total. The van der Waals surface area contributed by atoms with Crippen molar-refractivity contribution in [1.82, 2.24) is 4.90 Å². The lowest BCUT2D eigenvalue weighted by molar-refractivity contribution is 0.0112. The van der Waals surface area contributed by atoms with Crippen LogP contribution in [0.3, 0.4) is 0 Å². The molecule has 126 valence electrons. The van der Waals surface area contributed by atoms with Crippen LogP contribution >= 0.6 is 0 Å². The van der Waals surface area contributed by atoms with Crippen LogP contribution in [0.5, 0.6) is 5.75 Å². The van der Waals surface area contributed by atoms with E-state index in [2.05, 4.69) is 0 Å². The first-order chi connectivity index (χ1) is 11.7. The van der Waals surface area contributed by atoms with Crippen LogP contribution < -0.4 is 4.74 Å². The highest BCUT2D eigenvalue weighted by Gasteiger charge is 2.60. The topological polar surface area (TPSA) is 51.9 Å². The molecule has 2 aliphatic carbocycles. The molecule has 2 bridgehead atoms. The summed E-state index contributed by atoms with van der Waals surface area (Å²) < 4.78 is 16.6. The molecule has 1 aliphatic heterocycles. The maximum Gasteiger partial charge on any atom is 0.258 e. The Labute approximate surface area is 140 Å². The van der Waals surface area contributed by atoms with Crippen molar-refractivity contribution in [2.45, 2.75) is 25.0 Å². The fourth-order valence-electron chi connectivity index (χ4n) is 5.41. The summed E-state index contributed by atoms with van der Waals surface area (Å²) in [5, 5.41) is 0.821. The van der Waals surface area contributed by atoms with Crippen molar-refractivity contribution in [3.05, 3.63) is 30.0 Å². The number of likely N-dealkylation sites (tertiary alicyclic amines) is 1. The van der Waals surface area contributed by atoms with E-state index in [1.807, 2.05) is 23.1 Å².